The number of carbonyl (C=O) groups is 1. The number of anilines is 1. The Labute approximate surface area is 114 Å². The Morgan fingerprint density at radius 2 is 2.32 bits per heavy atom. The number of piperidine rings is 1. The van der Waals surface area contributed by atoms with Crippen LogP contribution in [0.25, 0.3) is 0 Å². The summed E-state index contributed by atoms with van der Waals surface area (Å²) < 4.78 is 0. The Bertz CT molecular complexity index is 455. The third-order valence-electron chi connectivity index (χ3n) is 3.55. The molecule has 19 heavy (non-hydrogen) atoms. The maximum atomic E-state index is 11.5. The molecule has 5 nitrogen and oxygen atoms in total. The molecule has 104 valence electrons. The minimum atomic E-state index is -0.425. The van der Waals surface area contributed by atoms with Crippen molar-refractivity contribution in [2.75, 3.05) is 25.0 Å². The predicted molar refractivity (Wildman–Crippen MR) is 76.4 cm³/mol. The second kappa shape index (κ2) is 6.02. The van der Waals surface area contributed by atoms with Gasteiger partial charge in [-0.1, -0.05) is 6.42 Å². The minimum Gasteiger partial charge on any atom is -0.365 e. The van der Waals surface area contributed by atoms with Gasteiger partial charge >= 0.3 is 0 Å². The van der Waals surface area contributed by atoms with Crippen molar-refractivity contribution in [2.24, 2.45) is 5.73 Å². The fourth-order valence-electron chi connectivity index (χ4n) is 2.52. The van der Waals surface area contributed by atoms with E-state index in [0.717, 1.165) is 18.8 Å². The highest BCUT2D eigenvalue weighted by atomic mass is 16.1. The summed E-state index contributed by atoms with van der Waals surface area (Å²) in [5.74, 6) is 0.255. The minimum absolute atomic E-state index is 0.425. The Hall–Kier alpha value is -1.62. The van der Waals surface area contributed by atoms with Crippen LogP contribution in [-0.2, 0) is 0 Å². The number of nitrogens with one attached hydrogen (secondary N) is 1. The Kier molecular flexibility index (Phi) is 4.37. The van der Waals surface area contributed by atoms with Gasteiger partial charge in [-0.3, -0.25) is 4.79 Å². The average Bonchev–Trinajstić information content (AvgIpc) is 2.39. The second-order valence-electron chi connectivity index (χ2n) is 5.22. The molecule has 1 unspecified atom stereocenters. The largest absolute Gasteiger partial charge is 0.365 e. The molecule has 1 atom stereocenters. The fraction of sp³-hybridized carbons (Fsp3) is 0.571. The summed E-state index contributed by atoms with van der Waals surface area (Å²) in [6.45, 7) is 3.83. The van der Waals surface area contributed by atoms with Gasteiger partial charge in [0, 0.05) is 25.3 Å². The molecule has 2 rings (SSSR count). The number of hydrogen-bond acceptors (Lipinski definition) is 4. The lowest BCUT2D eigenvalue weighted by Crippen LogP contribution is -2.43. The quantitative estimate of drug-likeness (QED) is 0.851. The molecule has 0 aliphatic carbocycles. The first-order valence-electron chi connectivity index (χ1n) is 6.80. The molecular weight excluding hydrogens is 240 g/mol. The van der Waals surface area contributed by atoms with Gasteiger partial charge in [0.2, 0.25) is 0 Å². The fourth-order valence-corrected chi connectivity index (χ4v) is 2.52. The molecule has 1 aliphatic heterocycles. The van der Waals surface area contributed by atoms with Crippen LogP contribution < -0.4 is 16.0 Å². The van der Waals surface area contributed by atoms with Crippen molar-refractivity contribution in [2.45, 2.75) is 32.2 Å². The molecule has 1 aromatic rings. The first kappa shape index (κ1) is 13.8. The lowest BCUT2D eigenvalue weighted by Gasteiger charge is -2.29. The van der Waals surface area contributed by atoms with Gasteiger partial charge in [0.25, 0.3) is 5.91 Å². The van der Waals surface area contributed by atoms with Crippen molar-refractivity contribution in [3.8, 4) is 0 Å². The summed E-state index contributed by atoms with van der Waals surface area (Å²) in [6.07, 6.45) is 3.67. The molecule has 0 bridgehead atoms. The maximum absolute atomic E-state index is 11.5. The van der Waals surface area contributed by atoms with Crippen molar-refractivity contribution >= 4 is 11.7 Å². The highest BCUT2D eigenvalue weighted by Gasteiger charge is 2.19. The van der Waals surface area contributed by atoms with Gasteiger partial charge in [-0.05, 0) is 38.4 Å². The summed E-state index contributed by atoms with van der Waals surface area (Å²) in [7, 11) is 1.96. The number of primary amides is 1. The van der Waals surface area contributed by atoms with Gasteiger partial charge in [-0.25, -0.2) is 4.98 Å². The number of rotatable bonds is 4. The topological polar surface area (TPSA) is 71.2 Å². The first-order valence-corrected chi connectivity index (χ1v) is 6.80. The van der Waals surface area contributed by atoms with Crippen LogP contribution in [0.5, 0.6) is 0 Å². The van der Waals surface area contributed by atoms with E-state index in [1.807, 2.05) is 24.9 Å². The van der Waals surface area contributed by atoms with Gasteiger partial charge in [-0.2, -0.15) is 0 Å². The predicted octanol–water partition coefficient (Wildman–Crippen LogP) is 1.07. The van der Waals surface area contributed by atoms with Crippen molar-refractivity contribution in [1.82, 2.24) is 10.3 Å². The zero-order valence-electron chi connectivity index (χ0n) is 11.6. The van der Waals surface area contributed by atoms with Gasteiger partial charge in [0.15, 0.2) is 0 Å². The zero-order chi connectivity index (χ0) is 13.8. The maximum Gasteiger partial charge on any atom is 0.252 e. The molecule has 1 aliphatic rings. The van der Waals surface area contributed by atoms with Crippen LogP contribution in [0.1, 0.15) is 35.3 Å². The molecule has 0 spiro atoms. The number of amides is 1. The number of hydrogen-bond donors (Lipinski definition) is 2. The van der Waals surface area contributed by atoms with Crippen LogP contribution in [0.3, 0.4) is 0 Å². The van der Waals surface area contributed by atoms with E-state index in [4.69, 9.17) is 5.73 Å². The van der Waals surface area contributed by atoms with E-state index in [9.17, 15) is 4.79 Å². The molecule has 0 saturated carbocycles. The van der Waals surface area contributed by atoms with Crippen LogP contribution in [0.15, 0.2) is 12.1 Å². The standard InChI is InChI=1S/C14H22N4O/c1-10-6-7-12(13(15)19)14(17-10)18(2)9-11-5-3-4-8-16-11/h6-7,11,16H,3-5,8-9H2,1-2H3,(H2,15,19). The number of nitrogens with zero attached hydrogens (tertiary/aromatic N) is 2. The molecule has 1 saturated heterocycles. The van der Waals surface area contributed by atoms with Crippen molar-refractivity contribution in [3.05, 3.63) is 23.4 Å². The molecule has 5 heteroatoms. The lowest BCUT2D eigenvalue weighted by molar-refractivity contribution is 0.100. The zero-order valence-corrected chi connectivity index (χ0v) is 11.6. The molecule has 0 radical (unpaired) electrons. The summed E-state index contributed by atoms with van der Waals surface area (Å²) in [5.41, 5.74) is 6.80. The van der Waals surface area contributed by atoms with E-state index in [-0.39, 0.29) is 0 Å². The van der Waals surface area contributed by atoms with E-state index in [1.165, 1.54) is 19.3 Å². The smallest absolute Gasteiger partial charge is 0.252 e. The summed E-state index contributed by atoms with van der Waals surface area (Å²) in [4.78, 5) is 18.0. The van der Waals surface area contributed by atoms with E-state index >= 15 is 0 Å². The third kappa shape index (κ3) is 3.44. The van der Waals surface area contributed by atoms with Crippen LogP contribution in [0.4, 0.5) is 5.82 Å². The second-order valence-corrected chi connectivity index (χ2v) is 5.22. The van der Waals surface area contributed by atoms with Crippen molar-refractivity contribution in [3.63, 3.8) is 0 Å². The lowest BCUT2D eigenvalue weighted by atomic mass is 10.0. The van der Waals surface area contributed by atoms with E-state index in [0.29, 0.717) is 17.4 Å². The summed E-state index contributed by atoms with van der Waals surface area (Å²) >= 11 is 0. The number of aromatic nitrogens is 1. The third-order valence-corrected chi connectivity index (χ3v) is 3.55. The monoisotopic (exact) mass is 262 g/mol. The Balaban J connectivity index is 2.14. The van der Waals surface area contributed by atoms with Crippen LogP contribution in [0, 0.1) is 6.92 Å². The summed E-state index contributed by atoms with van der Waals surface area (Å²) in [5, 5.41) is 3.50. The molecule has 0 aromatic carbocycles. The van der Waals surface area contributed by atoms with Crippen LogP contribution >= 0.6 is 0 Å². The number of pyridine rings is 1. The molecular formula is C14H22N4O. The first-order chi connectivity index (χ1) is 9.08. The van der Waals surface area contributed by atoms with Gasteiger partial charge in [-0.15, -0.1) is 0 Å². The summed E-state index contributed by atoms with van der Waals surface area (Å²) in [6, 6.07) is 4.03. The number of nitrogens with two attached hydrogens (primary N) is 1. The van der Waals surface area contributed by atoms with Gasteiger partial charge in [0.05, 0.1) is 5.56 Å². The van der Waals surface area contributed by atoms with Crippen LogP contribution in [0.2, 0.25) is 0 Å². The molecule has 2 heterocycles. The molecule has 1 fully saturated rings. The molecule has 1 aromatic heterocycles. The Morgan fingerprint density at radius 1 is 1.53 bits per heavy atom. The SMILES string of the molecule is Cc1ccc(C(N)=O)c(N(C)CC2CCCCN2)n1. The van der Waals surface area contributed by atoms with Gasteiger partial charge in [0.1, 0.15) is 5.82 Å². The van der Waals surface area contributed by atoms with Crippen molar-refractivity contribution in [1.29, 1.82) is 0 Å². The highest BCUT2D eigenvalue weighted by molar-refractivity contribution is 5.97. The molecule has 1 amide bonds. The average molecular weight is 262 g/mol. The van der Waals surface area contributed by atoms with Gasteiger partial charge < -0.3 is 16.0 Å². The number of likely N-dealkylation sites (N-methyl/N-ethyl adjacent to an activating group) is 1. The normalized spacial score (nSPS) is 19.2. The van der Waals surface area contributed by atoms with Crippen molar-refractivity contribution < 1.29 is 4.79 Å². The number of aryl methyl sites for hydroxylation is 1. The Morgan fingerprint density at radius 3 is 2.95 bits per heavy atom. The van der Waals surface area contributed by atoms with Crippen LogP contribution in [-0.4, -0.2) is 37.1 Å². The van der Waals surface area contributed by atoms with E-state index in [1.54, 1.807) is 6.07 Å². The number of carbonyl (C=O) groups excluding carboxylic acids is 1. The van der Waals surface area contributed by atoms with E-state index in [2.05, 4.69) is 10.3 Å². The van der Waals surface area contributed by atoms with E-state index < -0.39 is 5.91 Å². The molecule has 3 N–H and O–H groups in total. The highest BCUT2D eigenvalue weighted by Crippen LogP contribution is 2.18.